The van der Waals surface area contributed by atoms with Gasteiger partial charge in [0.05, 0.1) is 22.7 Å². The topological polar surface area (TPSA) is 63.4 Å². The summed E-state index contributed by atoms with van der Waals surface area (Å²) in [5.41, 5.74) is -2.10. The number of alkyl halides is 3. The fraction of sp³-hybridized carbons (Fsp3) is 0.333. The second-order valence-electron chi connectivity index (χ2n) is 3.15. The SMILES string of the molecule is Cc1c(C(F)(F)F)ccc([N+](=O)[O-])c1CO. The van der Waals surface area contributed by atoms with E-state index in [2.05, 4.69) is 0 Å². The summed E-state index contributed by atoms with van der Waals surface area (Å²) < 4.78 is 37.3. The molecular weight excluding hydrogens is 227 g/mol. The van der Waals surface area contributed by atoms with Gasteiger partial charge in [0.25, 0.3) is 5.69 Å². The molecule has 0 radical (unpaired) electrons. The number of hydrogen-bond acceptors (Lipinski definition) is 3. The van der Waals surface area contributed by atoms with E-state index >= 15 is 0 Å². The summed E-state index contributed by atoms with van der Waals surface area (Å²) in [5.74, 6) is 0. The Hall–Kier alpha value is -1.63. The minimum absolute atomic E-state index is 0.306. The zero-order valence-electron chi connectivity index (χ0n) is 8.21. The molecule has 0 saturated heterocycles. The van der Waals surface area contributed by atoms with Crippen molar-refractivity contribution in [2.75, 3.05) is 0 Å². The van der Waals surface area contributed by atoms with E-state index in [-0.39, 0.29) is 11.1 Å². The average molecular weight is 235 g/mol. The second kappa shape index (κ2) is 4.09. The number of aliphatic hydroxyl groups excluding tert-OH is 1. The first-order valence-electron chi connectivity index (χ1n) is 4.24. The molecule has 16 heavy (non-hydrogen) atoms. The van der Waals surface area contributed by atoms with Gasteiger partial charge in [0.1, 0.15) is 0 Å². The summed E-state index contributed by atoms with van der Waals surface area (Å²) in [5, 5.41) is 19.4. The van der Waals surface area contributed by atoms with Gasteiger partial charge in [-0.25, -0.2) is 0 Å². The summed E-state index contributed by atoms with van der Waals surface area (Å²) in [6.07, 6.45) is -4.58. The molecule has 1 aromatic carbocycles. The van der Waals surface area contributed by atoms with Crippen LogP contribution in [0.25, 0.3) is 0 Å². The number of nitro benzene ring substituents is 1. The van der Waals surface area contributed by atoms with Crippen LogP contribution in [0.5, 0.6) is 0 Å². The molecule has 0 aliphatic carbocycles. The molecular formula is C9H8F3NO3. The van der Waals surface area contributed by atoms with Crippen LogP contribution in [0.2, 0.25) is 0 Å². The molecule has 0 amide bonds. The quantitative estimate of drug-likeness (QED) is 0.632. The van der Waals surface area contributed by atoms with Gasteiger partial charge in [0.2, 0.25) is 0 Å². The average Bonchev–Trinajstić information content (AvgIpc) is 2.14. The van der Waals surface area contributed by atoms with Crippen LogP contribution >= 0.6 is 0 Å². The van der Waals surface area contributed by atoms with Crippen molar-refractivity contribution in [1.29, 1.82) is 0 Å². The number of nitrogens with zero attached hydrogens (tertiary/aromatic N) is 1. The van der Waals surface area contributed by atoms with Crippen LogP contribution in [-0.2, 0) is 12.8 Å². The minimum Gasteiger partial charge on any atom is -0.391 e. The van der Waals surface area contributed by atoms with Crippen LogP contribution in [-0.4, -0.2) is 10.0 Å². The van der Waals surface area contributed by atoms with E-state index in [1.54, 1.807) is 0 Å². The zero-order chi connectivity index (χ0) is 12.5. The van der Waals surface area contributed by atoms with E-state index in [1.807, 2.05) is 0 Å². The first-order valence-corrected chi connectivity index (χ1v) is 4.24. The molecule has 0 heterocycles. The van der Waals surface area contributed by atoms with E-state index in [9.17, 15) is 23.3 Å². The van der Waals surface area contributed by atoms with Gasteiger partial charge in [0, 0.05) is 6.07 Å². The second-order valence-corrected chi connectivity index (χ2v) is 3.15. The maximum atomic E-state index is 12.4. The van der Waals surface area contributed by atoms with Gasteiger partial charge < -0.3 is 5.11 Å². The van der Waals surface area contributed by atoms with E-state index in [0.717, 1.165) is 13.0 Å². The third kappa shape index (κ3) is 2.13. The Kier molecular flexibility index (Phi) is 3.18. The molecule has 0 bridgehead atoms. The fourth-order valence-electron chi connectivity index (χ4n) is 1.42. The van der Waals surface area contributed by atoms with Crippen LogP contribution in [0, 0.1) is 17.0 Å². The van der Waals surface area contributed by atoms with Crippen LogP contribution in [0.3, 0.4) is 0 Å². The Morgan fingerprint density at radius 3 is 2.38 bits per heavy atom. The number of rotatable bonds is 2. The summed E-state index contributed by atoms with van der Waals surface area (Å²) in [7, 11) is 0. The smallest absolute Gasteiger partial charge is 0.391 e. The van der Waals surface area contributed by atoms with Gasteiger partial charge in [-0.3, -0.25) is 10.1 Å². The monoisotopic (exact) mass is 235 g/mol. The molecule has 1 rings (SSSR count). The Bertz CT molecular complexity index is 429. The Morgan fingerprint density at radius 1 is 1.44 bits per heavy atom. The maximum Gasteiger partial charge on any atom is 0.416 e. The van der Waals surface area contributed by atoms with Crippen LogP contribution in [0.15, 0.2) is 12.1 Å². The highest BCUT2D eigenvalue weighted by molar-refractivity contribution is 5.49. The van der Waals surface area contributed by atoms with Crippen LogP contribution < -0.4 is 0 Å². The van der Waals surface area contributed by atoms with Crippen molar-refractivity contribution >= 4 is 5.69 Å². The molecule has 0 spiro atoms. The van der Waals surface area contributed by atoms with E-state index < -0.39 is 29.0 Å². The summed E-state index contributed by atoms with van der Waals surface area (Å²) >= 11 is 0. The molecule has 0 atom stereocenters. The normalized spacial score (nSPS) is 11.6. The number of halogens is 3. The number of hydrogen-bond donors (Lipinski definition) is 1. The van der Waals surface area contributed by atoms with Gasteiger partial charge in [-0.2, -0.15) is 13.2 Å². The van der Waals surface area contributed by atoms with Crippen molar-refractivity contribution in [3.63, 3.8) is 0 Å². The first-order chi connectivity index (χ1) is 7.29. The number of aliphatic hydroxyl groups is 1. The zero-order valence-corrected chi connectivity index (χ0v) is 8.21. The van der Waals surface area contributed by atoms with Gasteiger partial charge in [-0.1, -0.05) is 0 Å². The molecule has 88 valence electrons. The molecule has 0 fully saturated rings. The molecule has 0 unspecified atom stereocenters. The highest BCUT2D eigenvalue weighted by Crippen LogP contribution is 2.36. The summed E-state index contributed by atoms with van der Waals surface area (Å²) in [6, 6.07) is 1.40. The lowest BCUT2D eigenvalue weighted by molar-refractivity contribution is -0.386. The van der Waals surface area contributed by atoms with Gasteiger partial charge in [-0.05, 0) is 18.6 Å². The van der Waals surface area contributed by atoms with Crippen molar-refractivity contribution in [1.82, 2.24) is 0 Å². The molecule has 7 heteroatoms. The van der Waals surface area contributed by atoms with Crippen LogP contribution in [0.1, 0.15) is 16.7 Å². The Morgan fingerprint density at radius 2 is 2.00 bits per heavy atom. The minimum atomic E-state index is -4.58. The lowest BCUT2D eigenvalue weighted by Crippen LogP contribution is -2.10. The predicted octanol–water partition coefficient (Wildman–Crippen LogP) is 2.41. The molecule has 1 aromatic rings. The standard InChI is InChI=1S/C9H8F3NO3/c1-5-6(4-14)8(13(15)16)3-2-7(5)9(10,11)12/h2-3,14H,4H2,1H3. The highest BCUT2D eigenvalue weighted by atomic mass is 19.4. The summed E-state index contributed by atoms with van der Waals surface area (Å²) in [6.45, 7) is 0.299. The number of benzene rings is 1. The van der Waals surface area contributed by atoms with E-state index in [0.29, 0.717) is 6.07 Å². The number of nitro groups is 1. The summed E-state index contributed by atoms with van der Waals surface area (Å²) in [4.78, 5) is 9.69. The van der Waals surface area contributed by atoms with Crippen molar-refractivity contribution in [3.05, 3.63) is 38.9 Å². The molecule has 4 nitrogen and oxygen atoms in total. The Balaban J connectivity index is 3.46. The molecule has 0 aliphatic heterocycles. The van der Waals surface area contributed by atoms with Gasteiger partial charge in [-0.15, -0.1) is 0 Å². The largest absolute Gasteiger partial charge is 0.416 e. The van der Waals surface area contributed by atoms with Crippen molar-refractivity contribution in [2.24, 2.45) is 0 Å². The van der Waals surface area contributed by atoms with Gasteiger partial charge >= 0.3 is 6.18 Å². The van der Waals surface area contributed by atoms with Crippen LogP contribution in [0.4, 0.5) is 18.9 Å². The Labute approximate surface area is 88.5 Å². The molecule has 1 N–H and O–H groups in total. The molecule has 0 saturated carbocycles. The maximum absolute atomic E-state index is 12.4. The first kappa shape index (κ1) is 12.4. The van der Waals surface area contributed by atoms with Crippen molar-refractivity contribution in [2.45, 2.75) is 19.7 Å². The van der Waals surface area contributed by atoms with E-state index in [1.165, 1.54) is 0 Å². The van der Waals surface area contributed by atoms with Gasteiger partial charge in [0.15, 0.2) is 0 Å². The molecule has 0 aliphatic rings. The molecule has 0 aromatic heterocycles. The third-order valence-electron chi connectivity index (χ3n) is 2.23. The van der Waals surface area contributed by atoms with E-state index in [4.69, 9.17) is 5.11 Å². The lowest BCUT2D eigenvalue weighted by Gasteiger charge is -2.12. The third-order valence-corrected chi connectivity index (χ3v) is 2.23. The highest BCUT2D eigenvalue weighted by Gasteiger charge is 2.34. The lowest BCUT2D eigenvalue weighted by atomic mass is 10.0. The van der Waals surface area contributed by atoms with Crippen molar-refractivity contribution in [3.8, 4) is 0 Å². The fourth-order valence-corrected chi connectivity index (χ4v) is 1.42. The predicted molar refractivity (Wildman–Crippen MR) is 48.8 cm³/mol. The van der Waals surface area contributed by atoms with Crippen molar-refractivity contribution < 1.29 is 23.2 Å².